The average molecular weight is 659 g/mol. The van der Waals surface area contributed by atoms with E-state index in [1.165, 1.54) is 5.56 Å². The average Bonchev–Trinajstić information content (AvgIpc) is 3.01. The summed E-state index contributed by atoms with van der Waals surface area (Å²) in [6.07, 6.45) is 10.2. The second kappa shape index (κ2) is 14.4. The highest BCUT2D eigenvalue weighted by Crippen LogP contribution is 2.46. The van der Waals surface area contributed by atoms with Crippen molar-refractivity contribution in [3.8, 4) is 5.75 Å². The molecule has 0 unspecified atom stereocenters. The van der Waals surface area contributed by atoms with Gasteiger partial charge in [0.2, 0.25) is 10.0 Å². The van der Waals surface area contributed by atoms with Crippen LogP contribution >= 0.6 is 11.6 Å². The first-order valence-corrected chi connectivity index (χ1v) is 18.2. The van der Waals surface area contributed by atoms with Gasteiger partial charge in [-0.1, -0.05) is 36.7 Å². The molecule has 0 aromatic heterocycles. The number of carbonyl (C=O) groups excluding carboxylic acids is 1. The first kappa shape index (κ1) is 33.8. The molecule has 1 saturated carbocycles. The molecule has 2 heterocycles. The number of aryl methyl sites for hydroxylation is 1. The summed E-state index contributed by atoms with van der Waals surface area (Å²) in [6.45, 7) is 5.81. The van der Waals surface area contributed by atoms with E-state index < -0.39 is 26.8 Å². The van der Waals surface area contributed by atoms with Gasteiger partial charge in [0, 0.05) is 37.4 Å². The van der Waals surface area contributed by atoms with Gasteiger partial charge in [0.15, 0.2) is 0 Å². The van der Waals surface area contributed by atoms with Gasteiger partial charge >= 0.3 is 0 Å². The summed E-state index contributed by atoms with van der Waals surface area (Å²) < 4.78 is 40.7. The molecule has 1 fully saturated rings. The maximum atomic E-state index is 13.4. The Bertz CT molecular complexity index is 1500. The van der Waals surface area contributed by atoms with Crippen LogP contribution < -0.4 is 14.4 Å². The molecule has 10 heteroatoms. The Labute approximate surface area is 273 Å². The monoisotopic (exact) mass is 658 g/mol. The van der Waals surface area contributed by atoms with E-state index in [0.717, 1.165) is 56.3 Å². The van der Waals surface area contributed by atoms with E-state index in [1.54, 1.807) is 32.2 Å². The third kappa shape index (κ3) is 7.87. The first-order valence-electron chi connectivity index (χ1n) is 16.2. The molecule has 2 aromatic carbocycles. The number of sulfonamides is 1. The summed E-state index contributed by atoms with van der Waals surface area (Å²) in [7, 11) is -2.29. The molecule has 246 valence electrons. The van der Waals surface area contributed by atoms with E-state index in [-0.39, 0.29) is 23.3 Å². The number of allylic oxidation sites excluding steroid dienone is 1. The largest absolute Gasteiger partial charge is 0.487 e. The van der Waals surface area contributed by atoms with E-state index in [4.69, 9.17) is 21.1 Å². The molecular formula is C35H47ClN2O6S. The predicted octanol–water partition coefficient (Wildman–Crippen LogP) is 6.29. The number of hydrogen-bond donors (Lipinski definition) is 2. The minimum atomic E-state index is -3.96. The quantitative estimate of drug-likeness (QED) is 0.294. The van der Waals surface area contributed by atoms with Crippen LogP contribution in [-0.4, -0.2) is 57.1 Å². The maximum absolute atomic E-state index is 13.4. The Kier molecular flexibility index (Phi) is 10.8. The number of halogens is 1. The van der Waals surface area contributed by atoms with Gasteiger partial charge in [-0.25, -0.2) is 13.1 Å². The second-order valence-electron chi connectivity index (χ2n) is 13.1. The van der Waals surface area contributed by atoms with Crippen molar-refractivity contribution in [2.45, 2.75) is 82.7 Å². The minimum absolute atomic E-state index is 0.0513. The molecule has 0 saturated heterocycles. The molecule has 2 aromatic rings. The summed E-state index contributed by atoms with van der Waals surface area (Å²) in [6, 6.07) is 11.1. The molecule has 0 radical (unpaired) electrons. The van der Waals surface area contributed by atoms with E-state index >= 15 is 0 Å². The van der Waals surface area contributed by atoms with Crippen LogP contribution in [0.1, 0.15) is 80.3 Å². The summed E-state index contributed by atoms with van der Waals surface area (Å²) in [5.74, 6) is -0.00292. The summed E-state index contributed by atoms with van der Waals surface area (Å²) in [5.41, 5.74) is 2.23. The molecule has 2 aliphatic heterocycles. The number of ether oxygens (including phenoxy) is 2. The van der Waals surface area contributed by atoms with Crippen LogP contribution in [0.15, 0.2) is 48.6 Å². The second-order valence-corrected chi connectivity index (χ2v) is 15.6. The molecule has 5 atom stereocenters. The number of methoxy groups -OCH3 is 1. The Hall–Kier alpha value is -2.59. The fourth-order valence-corrected chi connectivity index (χ4v) is 8.45. The number of benzene rings is 2. The van der Waals surface area contributed by atoms with Crippen molar-refractivity contribution in [1.82, 2.24) is 4.72 Å². The van der Waals surface area contributed by atoms with Crippen LogP contribution in [0.25, 0.3) is 0 Å². The van der Waals surface area contributed by atoms with Crippen molar-refractivity contribution in [1.29, 1.82) is 0 Å². The van der Waals surface area contributed by atoms with Gasteiger partial charge in [-0.05, 0) is 118 Å². The Balaban J connectivity index is 1.55. The Morgan fingerprint density at radius 1 is 1.13 bits per heavy atom. The van der Waals surface area contributed by atoms with Gasteiger partial charge < -0.3 is 19.5 Å². The van der Waals surface area contributed by atoms with Gasteiger partial charge in [-0.3, -0.25) is 4.79 Å². The minimum Gasteiger partial charge on any atom is -0.487 e. The molecule has 8 nitrogen and oxygen atoms in total. The van der Waals surface area contributed by atoms with Crippen molar-refractivity contribution in [3.05, 3.63) is 70.3 Å². The first-order chi connectivity index (χ1) is 21.5. The fourth-order valence-electron chi connectivity index (χ4n) is 6.97. The van der Waals surface area contributed by atoms with Gasteiger partial charge in [-0.15, -0.1) is 0 Å². The molecule has 5 rings (SSSR count). The number of nitrogens with zero attached hydrogens (tertiary/aromatic N) is 1. The van der Waals surface area contributed by atoms with E-state index in [9.17, 15) is 18.3 Å². The van der Waals surface area contributed by atoms with Gasteiger partial charge in [0.05, 0.1) is 16.5 Å². The highest BCUT2D eigenvalue weighted by atomic mass is 35.5. The maximum Gasteiger partial charge on any atom is 0.264 e. The topological polar surface area (TPSA) is 105 Å². The molecule has 1 aliphatic carbocycles. The third-order valence-corrected chi connectivity index (χ3v) is 12.3. The number of fused-ring (bicyclic) bond motifs is 3. The number of rotatable bonds is 4. The van der Waals surface area contributed by atoms with Crippen LogP contribution in [0.3, 0.4) is 0 Å². The Morgan fingerprint density at radius 2 is 1.96 bits per heavy atom. The zero-order valence-electron chi connectivity index (χ0n) is 26.6. The number of nitrogens with one attached hydrogen (secondary N) is 1. The lowest BCUT2D eigenvalue weighted by atomic mass is 9.63. The van der Waals surface area contributed by atoms with Crippen LogP contribution in [0.2, 0.25) is 5.02 Å². The molecule has 2 bridgehead atoms. The number of hydrogen-bond acceptors (Lipinski definition) is 7. The molecule has 0 spiro atoms. The Morgan fingerprint density at radius 3 is 2.71 bits per heavy atom. The lowest BCUT2D eigenvalue weighted by Crippen LogP contribution is -2.50. The van der Waals surface area contributed by atoms with Crippen molar-refractivity contribution < 1.29 is 27.8 Å². The number of anilines is 1. The van der Waals surface area contributed by atoms with Crippen molar-refractivity contribution >= 4 is 33.2 Å². The van der Waals surface area contributed by atoms with Crippen molar-refractivity contribution in [2.24, 2.45) is 17.8 Å². The molecule has 3 aliphatic rings. The molecule has 2 N–H and O–H groups in total. The summed E-state index contributed by atoms with van der Waals surface area (Å²) in [5, 5.41) is 12.0. The van der Waals surface area contributed by atoms with E-state index in [0.29, 0.717) is 43.4 Å². The smallest absolute Gasteiger partial charge is 0.264 e. The van der Waals surface area contributed by atoms with E-state index in [2.05, 4.69) is 9.62 Å². The van der Waals surface area contributed by atoms with Crippen LogP contribution in [0.5, 0.6) is 5.75 Å². The highest BCUT2D eigenvalue weighted by Gasteiger charge is 2.45. The van der Waals surface area contributed by atoms with Crippen LogP contribution in [0, 0.1) is 17.8 Å². The lowest BCUT2D eigenvalue weighted by molar-refractivity contribution is -0.0542. The third-order valence-electron chi connectivity index (χ3n) is 10.1. The lowest BCUT2D eigenvalue weighted by Gasteiger charge is -2.48. The molecule has 1 amide bonds. The summed E-state index contributed by atoms with van der Waals surface area (Å²) in [4.78, 5) is 15.7. The zero-order valence-corrected chi connectivity index (χ0v) is 28.2. The van der Waals surface area contributed by atoms with Crippen LogP contribution in [-0.2, 0) is 27.8 Å². The molecule has 45 heavy (non-hydrogen) atoms. The molecular weight excluding hydrogens is 612 g/mol. The number of carbonyl (C=O) groups is 1. The van der Waals surface area contributed by atoms with Gasteiger partial charge in [0.25, 0.3) is 5.91 Å². The standard InChI is InChI=1S/C35H47ClN2O6S/c1-24-8-6-16-35(40,17-7-19-43-3)31-14-11-28(31)22-38-18-5-4-9-26-20-30(36)13-10-29(26)23-44-33-15-12-27(21-32(33)38)34(39)37-45(41,42)25(24)2/h6,10,12-13,15-16,20-21,24-25,28,31,40H,4-5,7-9,11,14,17-19,22-23H2,1-3H3,(H,37,39)/b16-6+/t24-,25+,28-,31+,35-/m0/s1. The van der Waals surface area contributed by atoms with Gasteiger partial charge in [0.1, 0.15) is 12.4 Å². The SMILES string of the molecule is COCCC[C@@]1(O)/C=C/C[C@H](C)[C@@H](C)S(=O)(=O)NC(=O)c2ccc3c(c2)N(CCCCc2cc(Cl)ccc2CO3)C[C@@H]2CC[C@H]21. The van der Waals surface area contributed by atoms with Crippen molar-refractivity contribution in [2.75, 3.05) is 31.7 Å². The van der Waals surface area contributed by atoms with E-state index in [1.807, 2.05) is 37.3 Å². The normalized spacial score (nSPS) is 29.5. The highest BCUT2D eigenvalue weighted by molar-refractivity contribution is 7.90. The number of amides is 1. The fraction of sp³-hybridized carbons (Fsp3) is 0.571. The van der Waals surface area contributed by atoms with Gasteiger partial charge in [-0.2, -0.15) is 0 Å². The van der Waals surface area contributed by atoms with Crippen LogP contribution in [0.4, 0.5) is 5.69 Å². The van der Waals surface area contributed by atoms with Crippen molar-refractivity contribution in [3.63, 3.8) is 0 Å². The number of aliphatic hydroxyl groups is 1. The zero-order chi connectivity index (χ0) is 32.2. The predicted molar refractivity (Wildman–Crippen MR) is 178 cm³/mol. The summed E-state index contributed by atoms with van der Waals surface area (Å²) >= 11 is 6.33.